The summed E-state index contributed by atoms with van der Waals surface area (Å²) < 4.78 is 63.8. The molecule has 0 saturated heterocycles. The SMILES string of the molecule is CN(C)c1ccc(N(OC(F)(F)F)S(=O)(=O)c2ccccc2C(=O)O)cc1. The highest BCUT2D eigenvalue weighted by molar-refractivity contribution is 7.92. The molecular formula is C16H15F3N2O5S. The zero-order chi connectivity index (χ0) is 20.4. The van der Waals surface area contributed by atoms with Crippen LogP contribution < -0.4 is 9.37 Å². The fraction of sp³-hybridized carbons (Fsp3) is 0.188. The van der Waals surface area contributed by atoms with Crippen LogP contribution in [0.1, 0.15) is 10.4 Å². The number of hydrogen-bond donors (Lipinski definition) is 1. The van der Waals surface area contributed by atoms with Crippen LogP contribution in [0, 0.1) is 0 Å². The third-order valence-electron chi connectivity index (χ3n) is 3.38. The average molecular weight is 404 g/mol. The first kappa shape index (κ1) is 20.5. The molecule has 0 amide bonds. The van der Waals surface area contributed by atoms with Crippen molar-refractivity contribution < 1.29 is 36.3 Å². The number of sulfonamides is 1. The van der Waals surface area contributed by atoms with E-state index in [1.807, 2.05) is 0 Å². The van der Waals surface area contributed by atoms with Gasteiger partial charge in [-0.3, -0.25) is 0 Å². The minimum atomic E-state index is -5.33. The second-order valence-electron chi connectivity index (χ2n) is 5.48. The molecule has 0 heterocycles. The van der Waals surface area contributed by atoms with Crippen molar-refractivity contribution in [2.75, 3.05) is 23.5 Å². The monoisotopic (exact) mass is 404 g/mol. The first-order valence-corrected chi connectivity index (χ1v) is 8.78. The second-order valence-corrected chi connectivity index (χ2v) is 7.20. The highest BCUT2D eigenvalue weighted by Crippen LogP contribution is 2.32. The average Bonchev–Trinajstić information content (AvgIpc) is 2.59. The van der Waals surface area contributed by atoms with Crippen molar-refractivity contribution in [1.29, 1.82) is 0 Å². The van der Waals surface area contributed by atoms with Gasteiger partial charge in [0.25, 0.3) is 10.0 Å². The smallest absolute Gasteiger partial charge is 0.478 e. The molecule has 0 spiro atoms. The zero-order valence-electron chi connectivity index (χ0n) is 14.1. The number of hydrogen-bond acceptors (Lipinski definition) is 5. The van der Waals surface area contributed by atoms with E-state index in [2.05, 4.69) is 4.84 Å². The molecule has 0 saturated carbocycles. The minimum absolute atomic E-state index is 0.339. The van der Waals surface area contributed by atoms with Crippen molar-refractivity contribution in [2.45, 2.75) is 11.3 Å². The number of carboxylic acids is 1. The quantitative estimate of drug-likeness (QED) is 0.745. The number of anilines is 2. The van der Waals surface area contributed by atoms with E-state index in [9.17, 15) is 26.4 Å². The molecule has 0 radical (unpaired) electrons. The van der Waals surface area contributed by atoms with Crippen LogP contribution >= 0.6 is 0 Å². The second kappa shape index (κ2) is 7.45. The first-order chi connectivity index (χ1) is 12.4. The standard InChI is InChI=1S/C16H15F3N2O5S/c1-20(2)11-7-9-12(10-8-11)21(26-16(17,18)19)27(24,25)14-6-4-3-5-13(14)15(22)23/h3-10H,1-2H3,(H,22,23). The van der Waals surface area contributed by atoms with Gasteiger partial charge in [0.1, 0.15) is 4.90 Å². The van der Waals surface area contributed by atoms with Crippen LogP contribution in [0.25, 0.3) is 0 Å². The van der Waals surface area contributed by atoms with E-state index < -0.39 is 38.5 Å². The lowest BCUT2D eigenvalue weighted by atomic mass is 10.2. The first-order valence-electron chi connectivity index (χ1n) is 7.34. The summed E-state index contributed by atoms with van der Waals surface area (Å²) in [6.07, 6.45) is -5.33. The summed E-state index contributed by atoms with van der Waals surface area (Å²) in [5, 5.41) is 9.16. The number of rotatable bonds is 6. The maximum Gasteiger partial charge on any atom is 0.544 e. The van der Waals surface area contributed by atoms with Crippen LogP contribution in [-0.2, 0) is 14.9 Å². The van der Waals surface area contributed by atoms with Crippen LogP contribution in [0.5, 0.6) is 0 Å². The van der Waals surface area contributed by atoms with E-state index >= 15 is 0 Å². The Hall–Kier alpha value is -2.79. The zero-order valence-corrected chi connectivity index (χ0v) is 15.0. The van der Waals surface area contributed by atoms with E-state index in [1.54, 1.807) is 19.0 Å². The summed E-state index contributed by atoms with van der Waals surface area (Å²) >= 11 is 0. The maximum atomic E-state index is 12.9. The summed E-state index contributed by atoms with van der Waals surface area (Å²) in [4.78, 5) is 15.8. The number of alkyl halides is 3. The Balaban J connectivity index is 2.62. The predicted octanol–water partition coefficient (Wildman–Crippen LogP) is 3.10. The Labute approximate surface area is 153 Å². The molecule has 0 unspecified atom stereocenters. The molecule has 11 heteroatoms. The molecule has 0 aromatic heterocycles. The molecule has 2 rings (SSSR count). The molecule has 0 fully saturated rings. The van der Waals surface area contributed by atoms with Gasteiger partial charge in [-0.05, 0) is 36.4 Å². The highest BCUT2D eigenvalue weighted by atomic mass is 32.2. The topological polar surface area (TPSA) is 87.2 Å². The molecule has 146 valence electrons. The van der Waals surface area contributed by atoms with Crippen LogP contribution in [0.4, 0.5) is 24.5 Å². The maximum absolute atomic E-state index is 12.9. The van der Waals surface area contributed by atoms with Gasteiger partial charge in [0, 0.05) is 19.8 Å². The highest BCUT2D eigenvalue weighted by Gasteiger charge is 2.40. The largest absolute Gasteiger partial charge is 0.544 e. The van der Waals surface area contributed by atoms with Crippen molar-refractivity contribution in [3.05, 3.63) is 54.1 Å². The van der Waals surface area contributed by atoms with Crippen molar-refractivity contribution in [3.63, 3.8) is 0 Å². The van der Waals surface area contributed by atoms with Crippen LogP contribution in [0.3, 0.4) is 0 Å². The van der Waals surface area contributed by atoms with Gasteiger partial charge < -0.3 is 10.0 Å². The van der Waals surface area contributed by atoms with Crippen molar-refractivity contribution in [2.24, 2.45) is 0 Å². The van der Waals surface area contributed by atoms with Gasteiger partial charge in [0.05, 0.1) is 11.3 Å². The molecule has 2 aromatic carbocycles. The lowest BCUT2D eigenvalue weighted by molar-refractivity contribution is -0.322. The summed E-state index contributed by atoms with van der Waals surface area (Å²) in [6, 6.07) is 9.31. The van der Waals surface area contributed by atoms with Gasteiger partial charge in [-0.15, -0.1) is 17.6 Å². The van der Waals surface area contributed by atoms with Gasteiger partial charge in [0.15, 0.2) is 0 Å². The minimum Gasteiger partial charge on any atom is -0.478 e. The summed E-state index contributed by atoms with van der Waals surface area (Å²) in [6.45, 7) is 0. The molecule has 27 heavy (non-hydrogen) atoms. The number of halogens is 3. The third kappa shape index (κ3) is 4.68. The molecule has 0 bridgehead atoms. The van der Waals surface area contributed by atoms with Crippen molar-refractivity contribution in [1.82, 2.24) is 0 Å². The van der Waals surface area contributed by atoms with Gasteiger partial charge in [-0.1, -0.05) is 12.1 Å². The molecule has 0 aliphatic carbocycles. The molecule has 0 atom stereocenters. The summed E-state index contributed by atoms with van der Waals surface area (Å²) in [7, 11) is -1.61. The lowest BCUT2D eigenvalue weighted by Gasteiger charge is -2.25. The Bertz CT molecular complexity index is 928. The lowest BCUT2D eigenvalue weighted by Crippen LogP contribution is -2.37. The van der Waals surface area contributed by atoms with Crippen LogP contribution in [0.2, 0.25) is 0 Å². The molecule has 0 aliphatic rings. The van der Waals surface area contributed by atoms with Gasteiger partial charge in [-0.25, -0.2) is 4.79 Å². The molecule has 7 nitrogen and oxygen atoms in total. The van der Waals surface area contributed by atoms with E-state index in [4.69, 9.17) is 5.11 Å². The molecule has 0 aliphatic heterocycles. The number of aromatic carboxylic acids is 1. The normalized spacial score (nSPS) is 11.9. The molecule has 2 aromatic rings. The summed E-state index contributed by atoms with van der Waals surface area (Å²) in [5.74, 6) is -1.61. The fourth-order valence-corrected chi connectivity index (χ4v) is 3.61. The molecular weight excluding hydrogens is 389 g/mol. The Morgan fingerprint density at radius 1 is 1.00 bits per heavy atom. The number of nitrogens with zero attached hydrogens (tertiary/aromatic N) is 2. The van der Waals surface area contributed by atoms with Gasteiger partial charge in [0.2, 0.25) is 0 Å². The van der Waals surface area contributed by atoms with Gasteiger partial charge in [-0.2, -0.15) is 13.3 Å². The Morgan fingerprint density at radius 3 is 2.00 bits per heavy atom. The van der Waals surface area contributed by atoms with Gasteiger partial charge >= 0.3 is 12.3 Å². The number of benzene rings is 2. The van der Waals surface area contributed by atoms with Crippen LogP contribution in [0.15, 0.2) is 53.4 Å². The fourth-order valence-electron chi connectivity index (χ4n) is 2.16. The van der Waals surface area contributed by atoms with E-state index in [0.29, 0.717) is 5.69 Å². The number of carboxylic acid groups (broad SMARTS) is 1. The van der Waals surface area contributed by atoms with Crippen molar-refractivity contribution >= 4 is 27.4 Å². The Kier molecular flexibility index (Phi) is 5.66. The predicted molar refractivity (Wildman–Crippen MR) is 91.0 cm³/mol. The number of carbonyl (C=O) groups is 1. The van der Waals surface area contributed by atoms with Crippen molar-refractivity contribution in [3.8, 4) is 0 Å². The van der Waals surface area contributed by atoms with E-state index in [1.165, 1.54) is 24.3 Å². The third-order valence-corrected chi connectivity index (χ3v) is 5.01. The van der Waals surface area contributed by atoms with E-state index in [-0.39, 0.29) is 4.47 Å². The van der Waals surface area contributed by atoms with Crippen LogP contribution in [-0.4, -0.2) is 40.0 Å². The van der Waals surface area contributed by atoms with E-state index in [0.717, 1.165) is 24.3 Å². The Morgan fingerprint density at radius 2 is 1.52 bits per heavy atom. The molecule has 1 N–H and O–H groups in total. The summed E-state index contributed by atoms with van der Waals surface area (Å²) in [5.41, 5.74) is -0.523.